The lowest BCUT2D eigenvalue weighted by atomic mass is 9.92. The van der Waals surface area contributed by atoms with E-state index in [0.717, 1.165) is 5.69 Å². The summed E-state index contributed by atoms with van der Waals surface area (Å²) in [5.41, 5.74) is 1.93. The van der Waals surface area contributed by atoms with Crippen LogP contribution in [0.1, 0.15) is 27.7 Å². The molecule has 1 fully saturated rings. The van der Waals surface area contributed by atoms with Gasteiger partial charge < -0.3 is 25.1 Å². The van der Waals surface area contributed by atoms with Crippen LogP contribution in [0, 0.1) is 17.6 Å². The van der Waals surface area contributed by atoms with E-state index in [9.17, 15) is 18.7 Å². The number of anilines is 3. The van der Waals surface area contributed by atoms with E-state index in [-0.39, 0.29) is 28.3 Å². The minimum Gasteiger partial charge on any atom is -0.465 e. The van der Waals surface area contributed by atoms with Crippen molar-refractivity contribution in [2.75, 3.05) is 23.3 Å². The number of amides is 1. The van der Waals surface area contributed by atoms with Gasteiger partial charge in [-0.15, -0.1) is 0 Å². The zero-order valence-corrected chi connectivity index (χ0v) is 26.1. The average molecular weight is 610 g/mol. The minimum absolute atomic E-state index is 0.00730. The van der Waals surface area contributed by atoms with Gasteiger partial charge in [0.25, 0.3) is 0 Å². The summed E-state index contributed by atoms with van der Waals surface area (Å²) >= 11 is 0. The lowest BCUT2D eigenvalue weighted by Gasteiger charge is -2.48. The number of nitrogens with zero attached hydrogens (tertiary/aromatic N) is 5. The first-order chi connectivity index (χ1) is 20.2. The Morgan fingerprint density at radius 1 is 1.09 bits per heavy atom. The van der Waals surface area contributed by atoms with Crippen molar-refractivity contribution in [1.29, 1.82) is 0 Å². The average Bonchev–Trinajstić information content (AvgIpc) is 3.31. The highest BCUT2D eigenvalue weighted by molar-refractivity contribution is 6.74. The predicted octanol–water partition coefficient (Wildman–Crippen LogP) is 6.30. The summed E-state index contributed by atoms with van der Waals surface area (Å²) in [6, 6.07) is 8.30. The summed E-state index contributed by atoms with van der Waals surface area (Å²) in [5, 5.41) is 20.1. The predicted molar refractivity (Wildman–Crippen MR) is 164 cm³/mol. The van der Waals surface area contributed by atoms with Crippen LogP contribution in [0.4, 0.5) is 30.9 Å². The Bertz CT molecular complexity index is 1620. The van der Waals surface area contributed by atoms with Crippen molar-refractivity contribution < 1.29 is 23.1 Å². The largest absolute Gasteiger partial charge is 0.465 e. The lowest BCUT2D eigenvalue weighted by Crippen LogP contribution is -2.62. The molecule has 0 spiro atoms. The van der Waals surface area contributed by atoms with Crippen molar-refractivity contribution in [3.05, 3.63) is 66.6 Å². The molecule has 1 saturated heterocycles. The molecule has 0 bridgehead atoms. The molecule has 1 aromatic carbocycles. The van der Waals surface area contributed by atoms with Gasteiger partial charge in [0, 0.05) is 25.2 Å². The van der Waals surface area contributed by atoms with Gasteiger partial charge >= 0.3 is 6.09 Å². The second-order valence-corrected chi connectivity index (χ2v) is 17.3. The molecule has 5 rings (SSSR count). The lowest BCUT2D eigenvalue weighted by molar-refractivity contribution is 0.0722. The molecular weight excluding hydrogens is 572 g/mol. The summed E-state index contributed by atoms with van der Waals surface area (Å²) in [6.07, 6.45) is 3.53. The third-order valence-electron chi connectivity index (χ3n) is 8.42. The Morgan fingerprint density at radius 3 is 2.49 bits per heavy atom. The Labute approximate surface area is 250 Å². The maximum atomic E-state index is 14.5. The van der Waals surface area contributed by atoms with Crippen LogP contribution in [-0.4, -0.2) is 64.3 Å². The fraction of sp³-hybridized carbons (Fsp3) is 0.400. The third kappa shape index (κ3) is 6.18. The highest BCUT2D eigenvalue weighted by Gasteiger charge is 2.45. The van der Waals surface area contributed by atoms with Crippen molar-refractivity contribution in [2.45, 2.75) is 58.0 Å². The number of halogens is 2. The number of hydrogen-bond donors (Lipinski definition) is 3. The number of nitrogens with one attached hydrogen (secondary N) is 2. The summed E-state index contributed by atoms with van der Waals surface area (Å²) in [5.74, 6) is -1.09. The van der Waals surface area contributed by atoms with Gasteiger partial charge in [0.2, 0.25) is 5.95 Å². The number of piperidine rings is 1. The monoisotopic (exact) mass is 609 g/mol. The van der Waals surface area contributed by atoms with E-state index in [1.54, 1.807) is 30.7 Å². The Kier molecular flexibility index (Phi) is 8.14. The summed E-state index contributed by atoms with van der Waals surface area (Å²) in [7, 11) is -2.18. The Morgan fingerprint density at radius 2 is 1.81 bits per heavy atom. The molecule has 4 heterocycles. The fourth-order valence-electron chi connectivity index (χ4n) is 5.19. The molecule has 43 heavy (non-hydrogen) atoms. The van der Waals surface area contributed by atoms with Crippen LogP contribution < -0.4 is 15.5 Å². The molecule has 3 aromatic heterocycles. The van der Waals surface area contributed by atoms with Crippen LogP contribution in [0.25, 0.3) is 16.8 Å². The van der Waals surface area contributed by atoms with Gasteiger partial charge in [-0.05, 0) is 48.5 Å². The summed E-state index contributed by atoms with van der Waals surface area (Å²) in [6.45, 7) is 13.9. The fourth-order valence-corrected chi connectivity index (χ4v) is 6.62. The molecule has 0 saturated carbocycles. The zero-order valence-electron chi connectivity index (χ0n) is 25.1. The van der Waals surface area contributed by atoms with Crippen molar-refractivity contribution in [3.8, 4) is 11.3 Å². The molecular formula is C30H37F2N7O3Si. The summed E-state index contributed by atoms with van der Waals surface area (Å²) < 4.78 is 37.3. The molecule has 1 aliphatic rings. The molecule has 13 heteroatoms. The first-order valence-corrected chi connectivity index (χ1v) is 17.1. The number of benzene rings is 1. The standard InChI is InChI=1S/C30H37F2N7O3Si/c1-18-16-38(17-24(36-29(40)41)27(18)42-43(5,6)30(2,3)4)25-12-13-33-15-23(25)35-28-34-14-19-10-11-22(37-39(19)28)26-20(31)8-7-9-21(26)32/h7-15,18,24,27,36H,16-17H2,1-6H3,(H,34,35)(H,40,41)/t18-,24+,27-/m0/s1. The van der Waals surface area contributed by atoms with E-state index in [1.807, 2.05) is 6.07 Å². The number of hydrogen-bond acceptors (Lipinski definition) is 7. The number of pyridine rings is 1. The second-order valence-electron chi connectivity index (χ2n) is 12.5. The Hall–Kier alpha value is -4.10. The molecule has 10 nitrogen and oxygen atoms in total. The highest BCUT2D eigenvalue weighted by atomic mass is 28.4. The van der Waals surface area contributed by atoms with E-state index in [1.165, 1.54) is 22.7 Å². The van der Waals surface area contributed by atoms with Crippen molar-refractivity contribution >= 4 is 37.3 Å². The molecule has 4 aromatic rings. The molecule has 0 radical (unpaired) electrons. The van der Waals surface area contributed by atoms with Gasteiger partial charge in [-0.1, -0.05) is 33.8 Å². The van der Waals surface area contributed by atoms with Gasteiger partial charge in [-0.3, -0.25) is 4.98 Å². The van der Waals surface area contributed by atoms with Crippen molar-refractivity contribution in [2.24, 2.45) is 5.92 Å². The number of rotatable bonds is 7. The number of imidazole rings is 1. The second kappa shape index (κ2) is 11.5. The quantitative estimate of drug-likeness (QED) is 0.209. The molecule has 1 aliphatic heterocycles. The highest BCUT2D eigenvalue weighted by Crippen LogP contribution is 2.40. The molecule has 228 valence electrons. The number of aromatic nitrogens is 4. The van der Waals surface area contributed by atoms with Crippen molar-refractivity contribution in [3.63, 3.8) is 0 Å². The number of fused-ring (bicyclic) bond motifs is 1. The molecule has 1 amide bonds. The van der Waals surface area contributed by atoms with Gasteiger partial charge in [-0.2, -0.15) is 9.61 Å². The van der Waals surface area contributed by atoms with Crippen LogP contribution in [-0.2, 0) is 4.43 Å². The van der Waals surface area contributed by atoms with E-state index < -0.39 is 32.1 Å². The van der Waals surface area contributed by atoms with E-state index >= 15 is 0 Å². The maximum absolute atomic E-state index is 14.5. The van der Waals surface area contributed by atoms with E-state index in [4.69, 9.17) is 4.43 Å². The smallest absolute Gasteiger partial charge is 0.405 e. The minimum atomic E-state index is -2.18. The van der Waals surface area contributed by atoms with Gasteiger partial charge in [-0.25, -0.2) is 18.6 Å². The van der Waals surface area contributed by atoms with Crippen LogP contribution in [0.5, 0.6) is 0 Å². The van der Waals surface area contributed by atoms with Crippen LogP contribution >= 0.6 is 0 Å². The maximum Gasteiger partial charge on any atom is 0.405 e. The molecule has 3 atom stereocenters. The Balaban J connectivity index is 1.45. The van der Waals surface area contributed by atoms with E-state index in [2.05, 4.69) is 71.4 Å². The first kappa shape index (κ1) is 30.4. The third-order valence-corrected chi connectivity index (χ3v) is 12.9. The molecule has 3 N–H and O–H groups in total. The van der Waals surface area contributed by atoms with Gasteiger partial charge in [0.05, 0.1) is 52.7 Å². The number of carboxylic acid groups (broad SMARTS) is 1. The normalized spacial score (nSPS) is 19.4. The van der Waals surface area contributed by atoms with E-state index in [0.29, 0.717) is 30.2 Å². The topological polar surface area (TPSA) is 117 Å². The SMILES string of the molecule is C[C@H]1CN(c2ccncc2Nc2ncc3ccc(-c4c(F)cccc4F)nn23)C[C@@H](NC(=O)O)[C@H]1O[Si](C)(C)C(C)(C)C. The first-order valence-electron chi connectivity index (χ1n) is 14.2. The van der Waals surface area contributed by atoms with Crippen molar-refractivity contribution in [1.82, 2.24) is 24.9 Å². The van der Waals surface area contributed by atoms with Gasteiger partial charge in [0.1, 0.15) is 11.6 Å². The summed E-state index contributed by atoms with van der Waals surface area (Å²) in [4.78, 5) is 22.7. The van der Waals surface area contributed by atoms with Crippen LogP contribution in [0.15, 0.2) is 55.0 Å². The molecule has 0 aliphatic carbocycles. The van der Waals surface area contributed by atoms with Crippen LogP contribution in [0.3, 0.4) is 0 Å². The molecule has 0 unspecified atom stereocenters. The number of carbonyl (C=O) groups is 1. The van der Waals surface area contributed by atoms with Crippen LogP contribution in [0.2, 0.25) is 18.1 Å². The zero-order chi connectivity index (χ0) is 31.1. The van der Waals surface area contributed by atoms with Gasteiger partial charge in [0.15, 0.2) is 8.32 Å².